The van der Waals surface area contributed by atoms with Crippen molar-refractivity contribution in [1.82, 2.24) is 4.98 Å². The van der Waals surface area contributed by atoms with Crippen LogP contribution >= 0.6 is 11.6 Å². The maximum Gasteiger partial charge on any atom is 0.155 e. The summed E-state index contributed by atoms with van der Waals surface area (Å²) in [5.74, 6) is 1.32. The molecule has 2 aromatic rings. The van der Waals surface area contributed by atoms with Crippen molar-refractivity contribution in [3.8, 4) is 11.5 Å². The molecule has 5 heteroatoms. The molecular formula is C12H12ClN3O. The SMILES string of the molecule is CNc1c(Oc2ccc(N)cc2)ccnc1Cl. The largest absolute Gasteiger partial charge is 0.455 e. The van der Waals surface area contributed by atoms with Gasteiger partial charge in [0.25, 0.3) is 0 Å². The van der Waals surface area contributed by atoms with Gasteiger partial charge < -0.3 is 15.8 Å². The number of rotatable bonds is 3. The lowest BCUT2D eigenvalue weighted by atomic mass is 10.3. The van der Waals surface area contributed by atoms with Crippen molar-refractivity contribution < 1.29 is 4.74 Å². The van der Waals surface area contributed by atoms with Gasteiger partial charge in [0.15, 0.2) is 10.9 Å². The van der Waals surface area contributed by atoms with Crippen molar-refractivity contribution in [3.63, 3.8) is 0 Å². The zero-order valence-electron chi connectivity index (χ0n) is 9.27. The summed E-state index contributed by atoms with van der Waals surface area (Å²) in [4.78, 5) is 3.97. The van der Waals surface area contributed by atoms with Crippen LogP contribution in [0.2, 0.25) is 5.15 Å². The topological polar surface area (TPSA) is 60.2 Å². The standard InChI is InChI=1S/C12H12ClN3O/c1-15-11-10(6-7-16-12(11)13)17-9-4-2-8(14)3-5-9/h2-7,15H,14H2,1H3. The highest BCUT2D eigenvalue weighted by Crippen LogP contribution is 2.33. The molecule has 4 nitrogen and oxygen atoms in total. The molecule has 1 aromatic heterocycles. The minimum Gasteiger partial charge on any atom is -0.455 e. The highest BCUT2D eigenvalue weighted by molar-refractivity contribution is 6.32. The van der Waals surface area contributed by atoms with Gasteiger partial charge in [-0.1, -0.05) is 11.6 Å². The molecule has 0 aliphatic rings. The molecule has 0 aliphatic carbocycles. The van der Waals surface area contributed by atoms with Crippen LogP contribution in [0.4, 0.5) is 11.4 Å². The van der Waals surface area contributed by atoms with E-state index in [1.165, 1.54) is 0 Å². The fourth-order valence-electron chi connectivity index (χ4n) is 1.39. The molecule has 0 amide bonds. The maximum absolute atomic E-state index is 5.95. The van der Waals surface area contributed by atoms with Gasteiger partial charge in [0.1, 0.15) is 11.4 Å². The Hall–Kier alpha value is -1.94. The minimum atomic E-state index is 0.375. The Kier molecular flexibility index (Phi) is 3.35. The molecule has 17 heavy (non-hydrogen) atoms. The van der Waals surface area contributed by atoms with E-state index in [-0.39, 0.29) is 0 Å². The smallest absolute Gasteiger partial charge is 0.155 e. The molecule has 0 unspecified atom stereocenters. The second-order valence-corrected chi connectivity index (χ2v) is 3.75. The van der Waals surface area contributed by atoms with Crippen molar-refractivity contribution in [2.24, 2.45) is 0 Å². The lowest BCUT2D eigenvalue weighted by Gasteiger charge is -2.11. The summed E-state index contributed by atoms with van der Waals surface area (Å²) in [6.07, 6.45) is 1.59. The second kappa shape index (κ2) is 4.93. The van der Waals surface area contributed by atoms with Crippen molar-refractivity contribution in [3.05, 3.63) is 41.7 Å². The first-order chi connectivity index (χ1) is 8.20. The number of ether oxygens (including phenoxy) is 1. The molecule has 88 valence electrons. The zero-order chi connectivity index (χ0) is 12.3. The van der Waals surface area contributed by atoms with Crippen LogP contribution in [0, 0.1) is 0 Å². The Morgan fingerprint density at radius 1 is 1.24 bits per heavy atom. The Morgan fingerprint density at radius 2 is 1.94 bits per heavy atom. The maximum atomic E-state index is 5.95. The van der Waals surface area contributed by atoms with E-state index in [1.54, 1.807) is 43.6 Å². The monoisotopic (exact) mass is 249 g/mol. The first kappa shape index (κ1) is 11.5. The van der Waals surface area contributed by atoms with Crippen molar-refractivity contribution in [1.29, 1.82) is 0 Å². The number of nitrogens with one attached hydrogen (secondary N) is 1. The summed E-state index contributed by atoms with van der Waals surface area (Å²) in [6.45, 7) is 0. The summed E-state index contributed by atoms with van der Waals surface area (Å²) < 4.78 is 5.69. The fourth-order valence-corrected chi connectivity index (χ4v) is 1.64. The molecule has 0 atom stereocenters. The van der Waals surface area contributed by atoms with E-state index >= 15 is 0 Å². The Balaban J connectivity index is 2.29. The molecule has 0 fully saturated rings. The number of nitrogens with zero attached hydrogens (tertiary/aromatic N) is 1. The van der Waals surface area contributed by atoms with Crippen molar-refractivity contribution >= 4 is 23.0 Å². The Labute approximate surface area is 104 Å². The van der Waals surface area contributed by atoms with Crippen LogP contribution in [0.3, 0.4) is 0 Å². The summed E-state index contributed by atoms with van der Waals surface area (Å²) >= 11 is 5.95. The molecule has 1 heterocycles. The summed E-state index contributed by atoms with van der Waals surface area (Å²) in [5.41, 5.74) is 6.95. The van der Waals surface area contributed by atoms with Gasteiger partial charge in [-0.3, -0.25) is 0 Å². The van der Waals surface area contributed by atoms with Crippen LogP contribution in [0.5, 0.6) is 11.5 Å². The first-order valence-electron chi connectivity index (χ1n) is 5.06. The molecule has 0 bridgehead atoms. The second-order valence-electron chi connectivity index (χ2n) is 3.40. The lowest BCUT2D eigenvalue weighted by Crippen LogP contribution is -1.96. The average molecular weight is 250 g/mol. The van der Waals surface area contributed by atoms with Gasteiger partial charge in [-0.15, -0.1) is 0 Å². The minimum absolute atomic E-state index is 0.375. The average Bonchev–Trinajstić information content (AvgIpc) is 2.32. The number of aromatic nitrogens is 1. The number of hydrogen-bond donors (Lipinski definition) is 2. The molecular weight excluding hydrogens is 238 g/mol. The molecule has 0 saturated heterocycles. The van der Waals surface area contributed by atoms with Gasteiger partial charge in [-0.25, -0.2) is 4.98 Å². The molecule has 3 N–H and O–H groups in total. The number of anilines is 2. The third-order valence-corrected chi connectivity index (χ3v) is 2.51. The molecule has 0 saturated carbocycles. The van der Waals surface area contributed by atoms with E-state index in [1.807, 2.05) is 0 Å². The summed E-state index contributed by atoms with van der Waals surface area (Å²) in [6, 6.07) is 8.88. The number of hydrogen-bond acceptors (Lipinski definition) is 4. The molecule has 1 aromatic carbocycles. The van der Waals surface area contributed by atoms with E-state index in [2.05, 4.69) is 10.3 Å². The number of nitrogens with two attached hydrogens (primary N) is 1. The number of nitrogen functional groups attached to an aromatic ring is 1. The van der Waals surface area contributed by atoms with E-state index in [4.69, 9.17) is 22.1 Å². The third kappa shape index (κ3) is 2.60. The quantitative estimate of drug-likeness (QED) is 0.648. The normalized spacial score (nSPS) is 10.0. The Bertz CT molecular complexity index is 514. The van der Waals surface area contributed by atoms with Crippen LogP contribution in [0.15, 0.2) is 36.5 Å². The van der Waals surface area contributed by atoms with Gasteiger partial charge in [-0.05, 0) is 24.3 Å². The van der Waals surface area contributed by atoms with Crippen LogP contribution < -0.4 is 15.8 Å². The van der Waals surface area contributed by atoms with E-state index in [0.717, 1.165) is 0 Å². The van der Waals surface area contributed by atoms with E-state index in [0.29, 0.717) is 28.0 Å². The number of halogens is 1. The van der Waals surface area contributed by atoms with E-state index < -0.39 is 0 Å². The molecule has 0 aliphatic heterocycles. The van der Waals surface area contributed by atoms with Crippen LogP contribution in [0.25, 0.3) is 0 Å². The molecule has 0 spiro atoms. The first-order valence-corrected chi connectivity index (χ1v) is 5.44. The van der Waals surface area contributed by atoms with Crippen LogP contribution in [-0.2, 0) is 0 Å². The lowest BCUT2D eigenvalue weighted by molar-refractivity contribution is 0.484. The Morgan fingerprint density at radius 3 is 2.59 bits per heavy atom. The van der Waals surface area contributed by atoms with Crippen molar-refractivity contribution in [2.75, 3.05) is 18.1 Å². The van der Waals surface area contributed by atoms with Gasteiger partial charge >= 0.3 is 0 Å². The highest BCUT2D eigenvalue weighted by Gasteiger charge is 2.08. The third-order valence-electron chi connectivity index (χ3n) is 2.22. The summed E-state index contributed by atoms with van der Waals surface area (Å²) in [7, 11) is 1.76. The van der Waals surface area contributed by atoms with Gasteiger partial charge in [-0.2, -0.15) is 0 Å². The van der Waals surface area contributed by atoms with E-state index in [9.17, 15) is 0 Å². The molecule has 0 radical (unpaired) electrons. The zero-order valence-corrected chi connectivity index (χ0v) is 10.0. The van der Waals surface area contributed by atoms with Crippen LogP contribution in [0.1, 0.15) is 0 Å². The van der Waals surface area contributed by atoms with Crippen LogP contribution in [-0.4, -0.2) is 12.0 Å². The predicted octanol–water partition coefficient (Wildman–Crippen LogP) is 3.15. The highest BCUT2D eigenvalue weighted by atomic mass is 35.5. The number of benzene rings is 1. The molecule has 2 rings (SSSR count). The van der Waals surface area contributed by atoms with Gasteiger partial charge in [0.2, 0.25) is 0 Å². The van der Waals surface area contributed by atoms with Crippen molar-refractivity contribution in [2.45, 2.75) is 0 Å². The predicted molar refractivity (Wildman–Crippen MR) is 69.7 cm³/mol. The van der Waals surface area contributed by atoms with Gasteiger partial charge in [0, 0.05) is 25.0 Å². The number of pyridine rings is 1. The summed E-state index contributed by atoms with van der Waals surface area (Å²) in [5, 5.41) is 3.33. The van der Waals surface area contributed by atoms with Gasteiger partial charge in [0.05, 0.1) is 0 Å². The fraction of sp³-hybridized carbons (Fsp3) is 0.0833.